The first kappa shape index (κ1) is 7.38. The van der Waals surface area contributed by atoms with Crippen LogP contribution >= 0.6 is 11.8 Å². The van der Waals surface area contributed by atoms with E-state index in [0.717, 1.165) is 6.42 Å². The molecule has 1 fully saturated rings. The molecule has 1 aliphatic carbocycles. The molecule has 0 radical (unpaired) electrons. The fraction of sp³-hybridized carbons (Fsp3) is 1.00. The van der Waals surface area contributed by atoms with Crippen LogP contribution < -0.4 is 0 Å². The molecule has 0 aromatic heterocycles. The normalized spacial score (nSPS) is 41.0. The fourth-order valence-corrected chi connectivity index (χ4v) is 2.00. The molecule has 54 valence electrons. The summed E-state index contributed by atoms with van der Waals surface area (Å²) in [7, 11) is 0. The zero-order chi connectivity index (χ0) is 6.91. The van der Waals surface area contributed by atoms with Crippen LogP contribution in [0.25, 0.3) is 0 Å². The van der Waals surface area contributed by atoms with Gasteiger partial charge in [0, 0.05) is 17.3 Å². The van der Waals surface area contributed by atoms with Crippen molar-refractivity contribution >= 4 is 11.8 Å². The molecular formula is C6H12O2S. The molecule has 2 N–H and O–H groups in total. The number of aliphatic hydroxyl groups excluding tert-OH is 2. The Morgan fingerprint density at radius 1 is 1.67 bits per heavy atom. The van der Waals surface area contributed by atoms with Crippen LogP contribution in [0.2, 0.25) is 0 Å². The Kier molecular flexibility index (Phi) is 2.03. The Labute approximate surface area is 59.3 Å². The van der Waals surface area contributed by atoms with E-state index in [0.29, 0.717) is 5.92 Å². The molecule has 1 aliphatic rings. The first-order chi connectivity index (χ1) is 4.29. The highest BCUT2D eigenvalue weighted by Crippen LogP contribution is 2.52. The van der Waals surface area contributed by atoms with E-state index < -0.39 is 0 Å². The van der Waals surface area contributed by atoms with Gasteiger partial charge in [-0.3, -0.25) is 0 Å². The highest BCUT2D eigenvalue weighted by molar-refractivity contribution is 8.00. The Morgan fingerprint density at radius 3 is 2.44 bits per heavy atom. The lowest BCUT2D eigenvalue weighted by Crippen LogP contribution is -2.13. The second-order valence-electron chi connectivity index (χ2n) is 2.51. The molecule has 2 atom stereocenters. The first-order valence-electron chi connectivity index (χ1n) is 3.06. The molecule has 0 unspecified atom stereocenters. The van der Waals surface area contributed by atoms with E-state index in [1.165, 1.54) is 0 Å². The van der Waals surface area contributed by atoms with Crippen molar-refractivity contribution in [2.75, 3.05) is 19.5 Å². The van der Waals surface area contributed by atoms with Gasteiger partial charge in [0.25, 0.3) is 0 Å². The zero-order valence-corrected chi connectivity index (χ0v) is 6.32. The van der Waals surface area contributed by atoms with Crippen molar-refractivity contribution in [1.29, 1.82) is 0 Å². The van der Waals surface area contributed by atoms with E-state index in [1.807, 2.05) is 6.26 Å². The Balaban J connectivity index is 2.37. The summed E-state index contributed by atoms with van der Waals surface area (Å²) in [6.45, 7) is 0.431. The summed E-state index contributed by atoms with van der Waals surface area (Å²) in [6.07, 6.45) is 2.95. The maximum Gasteiger partial charge on any atom is 0.0581 e. The Bertz CT molecular complexity index is 101. The number of hydrogen-bond donors (Lipinski definition) is 2. The predicted molar refractivity (Wildman–Crippen MR) is 38.5 cm³/mol. The van der Waals surface area contributed by atoms with E-state index in [9.17, 15) is 0 Å². The van der Waals surface area contributed by atoms with Gasteiger partial charge in [0.05, 0.1) is 6.61 Å². The lowest BCUT2D eigenvalue weighted by Gasteiger charge is -2.07. The van der Waals surface area contributed by atoms with Gasteiger partial charge in [-0.1, -0.05) is 0 Å². The summed E-state index contributed by atoms with van der Waals surface area (Å²) >= 11 is 1.66. The summed E-state index contributed by atoms with van der Waals surface area (Å²) < 4.78 is 0.0226. The van der Waals surface area contributed by atoms with E-state index >= 15 is 0 Å². The highest BCUT2D eigenvalue weighted by Gasteiger charge is 2.52. The van der Waals surface area contributed by atoms with Gasteiger partial charge in [-0.05, 0) is 12.7 Å². The molecule has 0 bridgehead atoms. The standard InChI is InChI=1S/C6H12O2S/c1-9-6(4-8)2-5(6)3-7/h5,7-8H,2-4H2,1H3/t5-,6+/m1/s1. The molecule has 0 amide bonds. The molecular weight excluding hydrogens is 136 g/mol. The van der Waals surface area contributed by atoms with Crippen LogP contribution in [0.1, 0.15) is 6.42 Å². The molecule has 2 nitrogen and oxygen atoms in total. The molecule has 9 heavy (non-hydrogen) atoms. The molecule has 0 aromatic rings. The van der Waals surface area contributed by atoms with Gasteiger partial charge >= 0.3 is 0 Å². The summed E-state index contributed by atoms with van der Waals surface area (Å²) in [4.78, 5) is 0. The smallest absolute Gasteiger partial charge is 0.0581 e. The van der Waals surface area contributed by atoms with Crippen molar-refractivity contribution < 1.29 is 10.2 Å². The monoisotopic (exact) mass is 148 g/mol. The van der Waals surface area contributed by atoms with E-state index in [2.05, 4.69) is 0 Å². The third-order valence-corrected chi connectivity index (χ3v) is 3.51. The van der Waals surface area contributed by atoms with Crippen molar-refractivity contribution in [3.63, 3.8) is 0 Å². The minimum absolute atomic E-state index is 0.0226. The highest BCUT2D eigenvalue weighted by atomic mass is 32.2. The lowest BCUT2D eigenvalue weighted by molar-refractivity contribution is 0.242. The molecule has 3 heteroatoms. The molecule has 0 heterocycles. The second kappa shape index (κ2) is 2.48. The largest absolute Gasteiger partial charge is 0.396 e. The van der Waals surface area contributed by atoms with Crippen molar-refractivity contribution in [3.8, 4) is 0 Å². The molecule has 0 aliphatic heterocycles. The number of aliphatic hydroxyl groups is 2. The average Bonchev–Trinajstić information content (AvgIpc) is 2.63. The molecule has 0 spiro atoms. The van der Waals surface area contributed by atoms with Crippen LogP contribution in [-0.4, -0.2) is 34.4 Å². The molecule has 0 aromatic carbocycles. The van der Waals surface area contributed by atoms with Crippen LogP contribution in [0.5, 0.6) is 0 Å². The topological polar surface area (TPSA) is 40.5 Å². The van der Waals surface area contributed by atoms with Gasteiger partial charge in [0.15, 0.2) is 0 Å². The van der Waals surface area contributed by atoms with Crippen LogP contribution in [0.15, 0.2) is 0 Å². The molecule has 1 rings (SSSR count). The first-order valence-corrected chi connectivity index (χ1v) is 4.28. The Hall–Kier alpha value is 0.270. The number of rotatable bonds is 3. The van der Waals surface area contributed by atoms with Crippen molar-refractivity contribution in [2.45, 2.75) is 11.2 Å². The lowest BCUT2D eigenvalue weighted by atomic mass is 10.3. The van der Waals surface area contributed by atoms with Crippen molar-refractivity contribution in [2.24, 2.45) is 5.92 Å². The molecule has 0 saturated heterocycles. The van der Waals surface area contributed by atoms with Crippen LogP contribution in [0, 0.1) is 5.92 Å². The van der Waals surface area contributed by atoms with Gasteiger partial charge in [-0.25, -0.2) is 0 Å². The van der Waals surface area contributed by atoms with Crippen LogP contribution in [0.3, 0.4) is 0 Å². The summed E-state index contributed by atoms with van der Waals surface area (Å²) in [5.41, 5.74) is 0. The van der Waals surface area contributed by atoms with Gasteiger partial charge in [0.1, 0.15) is 0 Å². The second-order valence-corrected chi connectivity index (χ2v) is 3.73. The van der Waals surface area contributed by atoms with Crippen molar-refractivity contribution in [3.05, 3.63) is 0 Å². The van der Waals surface area contributed by atoms with Crippen LogP contribution in [0.4, 0.5) is 0 Å². The summed E-state index contributed by atoms with van der Waals surface area (Å²) in [5, 5.41) is 17.5. The number of hydrogen-bond acceptors (Lipinski definition) is 3. The SMILES string of the molecule is CS[C@]1(CO)C[C@@H]1CO. The minimum atomic E-state index is 0.0226. The quantitative estimate of drug-likeness (QED) is 0.596. The van der Waals surface area contributed by atoms with E-state index in [-0.39, 0.29) is 18.0 Å². The zero-order valence-electron chi connectivity index (χ0n) is 5.50. The molecule has 1 saturated carbocycles. The average molecular weight is 148 g/mol. The van der Waals surface area contributed by atoms with Crippen LogP contribution in [-0.2, 0) is 0 Å². The Morgan fingerprint density at radius 2 is 2.33 bits per heavy atom. The van der Waals surface area contributed by atoms with E-state index in [4.69, 9.17) is 10.2 Å². The van der Waals surface area contributed by atoms with Crippen molar-refractivity contribution in [1.82, 2.24) is 0 Å². The van der Waals surface area contributed by atoms with Gasteiger partial charge in [-0.15, -0.1) is 0 Å². The summed E-state index contributed by atoms with van der Waals surface area (Å²) in [6, 6.07) is 0. The third-order valence-electron chi connectivity index (χ3n) is 2.07. The van der Waals surface area contributed by atoms with E-state index in [1.54, 1.807) is 11.8 Å². The van der Waals surface area contributed by atoms with Gasteiger partial charge < -0.3 is 10.2 Å². The minimum Gasteiger partial charge on any atom is -0.396 e. The summed E-state index contributed by atoms with van der Waals surface area (Å²) in [5.74, 6) is 0.345. The van der Waals surface area contributed by atoms with Gasteiger partial charge in [0.2, 0.25) is 0 Å². The third kappa shape index (κ3) is 1.09. The maximum absolute atomic E-state index is 8.83. The number of thioether (sulfide) groups is 1. The van der Waals surface area contributed by atoms with Gasteiger partial charge in [-0.2, -0.15) is 11.8 Å². The predicted octanol–water partition coefficient (Wildman–Crippen LogP) is 0.0927. The fourth-order valence-electron chi connectivity index (χ4n) is 1.10. The maximum atomic E-state index is 8.83.